The molecule has 1 aromatic carbocycles. The average Bonchev–Trinajstić information content (AvgIpc) is 3.15. The van der Waals surface area contributed by atoms with E-state index in [2.05, 4.69) is 18.5 Å². The normalized spacial score (nSPS) is 11.5. The topological polar surface area (TPSA) is 114 Å². The molecule has 0 saturated heterocycles. The van der Waals surface area contributed by atoms with Gasteiger partial charge in [-0.1, -0.05) is 6.07 Å². The summed E-state index contributed by atoms with van der Waals surface area (Å²) in [5, 5.41) is 0. The summed E-state index contributed by atoms with van der Waals surface area (Å²) in [6.45, 7) is 1.92. The van der Waals surface area contributed by atoms with Crippen LogP contribution in [0.15, 0.2) is 35.4 Å². The number of nitrogens with zero attached hydrogens (tertiary/aromatic N) is 2. The molecule has 0 aliphatic rings. The van der Waals surface area contributed by atoms with Crippen LogP contribution in [0.5, 0.6) is 0 Å². The number of hydrogen-bond acceptors (Lipinski definition) is 7. The number of anilines is 1. The highest BCUT2D eigenvalue weighted by molar-refractivity contribution is 7.93. The molecule has 2 heterocycles. The molecule has 0 aliphatic carbocycles. The number of fused-ring (bicyclic) bond motifs is 1. The molecule has 0 bridgehead atoms. The van der Waals surface area contributed by atoms with Crippen molar-refractivity contribution < 1.29 is 17.9 Å². The van der Waals surface area contributed by atoms with Crippen molar-refractivity contribution >= 4 is 44.4 Å². The van der Waals surface area contributed by atoms with Crippen LogP contribution in [0.2, 0.25) is 0 Å². The molecule has 3 aromatic rings. The summed E-state index contributed by atoms with van der Waals surface area (Å²) in [5.74, 6) is -0.552. The Morgan fingerprint density at radius 2 is 2.22 bits per heavy atom. The SMILES string of the molecule is CCOC(=O)c1cc(NS(=O)(=O)c2cccc3nsnc23)c[nH]1. The van der Waals surface area contributed by atoms with Crippen LogP contribution >= 0.6 is 11.7 Å². The fourth-order valence-corrected chi connectivity index (χ4v) is 3.80. The number of carbonyl (C=O) groups excluding carboxylic acids is 1. The van der Waals surface area contributed by atoms with Crippen molar-refractivity contribution in [3.8, 4) is 0 Å². The van der Waals surface area contributed by atoms with Crippen LogP contribution in [-0.4, -0.2) is 34.7 Å². The fraction of sp³-hybridized carbons (Fsp3) is 0.154. The van der Waals surface area contributed by atoms with Gasteiger partial charge in [-0.05, 0) is 25.1 Å². The quantitative estimate of drug-likeness (QED) is 0.679. The average molecular weight is 352 g/mol. The Hall–Kier alpha value is -2.46. The second kappa shape index (κ2) is 5.97. The number of H-pyrrole nitrogens is 1. The van der Waals surface area contributed by atoms with E-state index in [-0.39, 0.29) is 22.9 Å². The third-order valence-corrected chi connectivity index (χ3v) is 4.92. The molecular formula is C13H12N4O4S2. The second-order valence-electron chi connectivity index (χ2n) is 4.52. The van der Waals surface area contributed by atoms with Crippen LogP contribution in [0.4, 0.5) is 5.69 Å². The van der Waals surface area contributed by atoms with Crippen molar-refractivity contribution in [1.82, 2.24) is 13.7 Å². The summed E-state index contributed by atoms with van der Waals surface area (Å²) in [6, 6.07) is 6.10. The van der Waals surface area contributed by atoms with Crippen LogP contribution in [0.1, 0.15) is 17.4 Å². The molecule has 2 aromatic heterocycles. The van der Waals surface area contributed by atoms with Crippen molar-refractivity contribution in [2.24, 2.45) is 0 Å². The first-order valence-electron chi connectivity index (χ1n) is 6.61. The van der Waals surface area contributed by atoms with Crippen LogP contribution in [0.25, 0.3) is 11.0 Å². The number of sulfonamides is 1. The Balaban J connectivity index is 1.90. The predicted octanol–water partition coefficient (Wildman–Crippen LogP) is 2.00. The van der Waals surface area contributed by atoms with Gasteiger partial charge in [-0.25, -0.2) is 13.2 Å². The number of nitrogens with one attached hydrogen (secondary N) is 2. The number of benzene rings is 1. The van der Waals surface area contributed by atoms with Crippen LogP contribution in [0, 0.1) is 0 Å². The zero-order chi connectivity index (χ0) is 16.4. The monoisotopic (exact) mass is 352 g/mol. The third-order valence-electron chi connectivity index (χ3n) is 2.97. The molecule has 0 aliphatic heterocycles. The van der Waals surface area contributed by atoms with Crippen LogP contribution in [0.3, 0.4) is 0 Å². The van der Waals surface area contributed by atoms with Gasteiger partial charge in [-0.15, -0.1) is 0 Å². The minimum Gasteiger partial charge on any atom is -0.461 e. The molecule has 10 heteroatoms. The lowest BCUT2D eigenvalue weighted by Crippen LogP contribution is -2.13. The summed E-state index contributed by atoms with van der Waals surface area (Å²) in [4.78, 5) is 14.3. The second-order valence-corrected chi connectivity index (χ2v) is 6.70. The zero-order valence-corrected chi connectivity index (χ0v) is 13.6. The number of ether oxygens (including phenoxy) is 1. The molecule has 0 radical (unpaired) electrons. The maximum atomic E-state index is 12.5. The van der Waals surface area contributed by atoms with Crippen molar-refractivity contribution in [3.63, 3.8) is 0 Å². The van der Waals surface area contributed by atoms with E-state index in [4.69, 9.17) is 4.74 Å². The number of carbonyl (C=O) groups is 1. The van der Waals surface area contributed by atoms with E-state index in [0.717, 1.165) is 11.7 Å². The summed E-state index contributed by atoms with van der Waals surface area (Å²) in [5.41, 5.74) is 1.22. The molecule has 3 rings (SSSR count). The lowest BCUT2D eigenvalue weighted by Gasteiger charge is -2.06. The molecule has 0 amide bonds. The van der Waals surface area contributed by atoms with Gasteiger partial charge in [-0.3, -0.25) is 4.72 Å². The maximum absolute atomic E-state index is 12.5. The molecule has 23 heavy (non-hydrogen) atoms. The number of esters is 1. The van der Waals surface area contributed by atoms with Gasteiger partial charge in [0.1, 0.15) is 21.6 Å². The zero-order valence-electron chi connectivity index (χ0n) is 11.9. The molecule has 0 spiro atoms. The number of hydrogen-bond donors (Lipinski definition) is 2. The number of aromatic amines is 1. The molecule has 0 unspecified atom stereocenters. The first-order valence-corrected chi connectivity index (χ1v) is 8.82. The minimum atomic E-state index is -3.85. The predicted molar refractivity (Wildman–Crippen MR) is 85.0 cm³/mol. The van der Waals surface area contributed by atoms with Gasteiger partial charge in [-0.2, -0.15) is 8.75 Å². The Morgan fingerprint density at radius 3 is 3.00 bits per heavy atom. The molecule has 0 atom stereocenters. The molecule has 0 saturated carbocycles. The van der Waals surface area contributed by atoms with E-state index >= 15 is 0 Å². The van der Waals surface area contributed by atoms with Crippen LogP contribution in [-0.2, 0) is 14.8 Å². The van der Waals surface area contributed by atoms with Gasteiger partial charge in [0.25, 0.3) is 10.0 Å². The van der Waals surface area contributed by atoms with Gasteiger partial charge in [0.2, 0.25) is 0 Å². The van der Waals surface area contributed by atoms with Crippen molar-refractivity contribution in [3.05, 3.63) is 36.2 Å². The smallest absolute Gasteiger partial charge is 0.354 e. The van der Waals surface area contributed by atoms with E-state index in [1.165, 1.54) is 18.3 Å². The van der Waals surface area contributed by atoms with E-state index in [1.54, 1.807) is 19.1 Å². The van der Waals surface area contributed by atoms with Crippen molar-refractivity contribution in [1.29, 1.82) is 0 Å². The van der Waals surface area contributed by atoms with Gasteiger partial charge in [0.15, 0.2) is 0 Å². The Bertz CT molecular complexity index is 961. The first kappa shape index (κ1) is 15.4. The van der Waals surface area contributed by atoms with Crippen molar-refractivity contribution in [2.75, 3.05) is 11.3 Å². The van der Waals surface area contributed by atoms with Crippen molar-refractivity contribution in [2.45, 2.75) is 11.8 Å². The maximum Gasteiger partial charge on any atom is 0.354 e. The molecule has 0 fully saturated rings. The largest absolute Gasteiger partial charge is 0.461 e. The number of rotatable bonds is 5. The standard InChI is InChI=1S/C13H12N4O4S2/c1-2-21-13(18)10-6-8(7-14-10)17-23(19,20)11-5-3-4-9-12(11)16-22-15-9/h3-7,14,17H,2H2,1H3. The van der Waals surface area contributed by atoms with Gasteiger partial charge in [0.05, 0.1) is 24.0 Å². The Labute approximate surface area is 135 Å². The molecule has 120 valence electrons. The fourth-order valence-electron chi connectivity index (χ4n) is 1.99. The highest BCUT2D eigenvalue weighted by Crippen LogP contribution is 2.23. The first-order chi connectivity index (χ1) is 11.0. The Kier molecular flexibility index (Phi) is 4.01. The summed E-state index contributed by atoms with van der Waals surface area (Å²) >= 11 is 0.943. The summed E-state index contributed by atoms with van der Waals surface area (Å²) in [6.07, 6.45) is 1.38. The van der Waals surface area contributed by atoms with Gasteiger partial charge >= 0.3 is 5.97 Å². The molecular weight excluding hydrogens is 340 g/mol. The molecule has 2 N–H and O–H groups in total. The third kappa shape index (κ3) is 3.03. The van der Waals surface area contributed by atoms with E-state index < -0.39 is 16.0 Å². The minimum absolute atomic E-state index is 0.0302. The van der Waals surface area contributed by atoms with Crippen LogP contribution < -0.4 is 4.72 Å². The Morgan fingerprint density at radius 1 is 1.39 bits per heavy atom. The summed E-state index contributed by atoms with van der Waals surface area (Å²) in [7, 11) is -3.85. The highest BCUT2D eigenvalue weighted by atomic mass is 32.2. The lowest BCUT2D eigenvalue weighted by atomic mass is 10.3. The van der Waals surface area contributed by atoms with E-state index in [1.807, 2.05) is 0 Å². The lowest BCUT2D eigenvalue weighted by molar-refractivity contribution is 0.0520. The summed E-state index contributed by atoms with van der Waals surface area (Å²) < 4.78 is 40.3. The van der Waals surface area contributed by atoms with E-state index in [9.17, 15) is 13.2 Å². The number of aromatic nitrogens is 3. The van der Waals surface area contributed by atoms with E-state index in [0.29, 0.717) is 11.0 Å². The highest BCUT2D eigenvalue weighted by Gasteiger charge is 2.21. The molecule has 8 nitrogen and oxygen atoms in total. The van der Waals surface area contributed by atoms with Gasteiger partial charge < -0.3 is 9.72 Å². The van der Waals surface area contributed by atoms with Gasteiger partial charge in [0, 0.05) is 6.20 Å².